The van der Waals surface area contributed by atoms with Crippen LogP contribution in [0.1, 0.15) is 5.56 Å². The number of nitrogens with zero attached hydrogens (tertiary/aromatic N) is 1. The highest BCUT2D eigenvalue weighted by Gasteiger charge is 2.09. The van der Waals surface area contributed by atoms with Gasteiger partial charge in [0.05, 0.1) is 6.42 Å². The van der Waals surface area contributed by atoms with Crippen LogP contribution < -0.4 is 5.73 Å². The van der Waals surface area contributed by atoms with Gasteiger partial charge < -0.3 is 0 Å². The van der Waals surface area contributed by atoms with E-state index in [0.29, 0.717) is 5.56 Å². The lowest BCUT2D eigenvalue weighted by Gasteiger charge is -2.00. The molecule has 1 unspecified atom stereocenters. The Kier molecular flexibility index (Phi) is 2.78. The first-order valence-corrected chi connectivity index (χ1v) is 3.59. The Morgan fingerprint density at radius 3 is 2.75 bits per heavy atom. The van der Waals surface area contributed by atoms with Crippen molar-refractivity contribution < 1.29 is 4.39 Å². The molecule has 2 N–H and O–H groups in total. The van der Waals surface area contributed by atoms with Crippen LogP contribution in [0.4, 0.5) is 4.39 Å². The second kappa shape index (κ2) is 3.84. The van der Waals surface area contributed by atoms with Crippen molar-refractivity contribution >= 4 is 0 Å². The Hall–Kier alpha value is -1.40. The Bertz CT molecular complexity index is 304. The smallest absolute Gasteiger partial charge is 0.278 e. The van der Waals surface area contributed by atoms with E-state index in [9.17, 15) is 4.39 Å². The third-order valence-corrected chi connectivity index (χ3v) is 1.55. The van der Waals surface area contributed by atoms with Crippen LogP contribution in [0.2, 0.25) is 0 Å². The SMILES string of the molecule is [C-]#[N+]C(N)Cc1ccccc1F. The predicted octanol–water partition coefficient (Wildman–Crippen LogP) is 1.57. The maximum absolute atomic E-state index is 12.9. The third kappa shape index (κ3) is 2.04. The van der Waals surface area contributed by atoms with Crippen molar-refractivity contribution in [1.29, 1.82) is 0 Å². The molecule has 1 atom stereocenters. The lowest BCUT2D eigenvalue weighted by molar-refractivity contribution is 0.602. The van der Waals surface area contributed by atoms with E-state index in [4.69, 9.17) is 12.3 Å². The van der Waals surface area contributed by atoms with Gasteiger partial charge in [0, 0.05) is 0 Å². The molecule has 2 nitrogen and oxygen atoms in total. The van der Waals surface area contributed by atoms with Gasteiger partial charge in [-0.25, -0.2) is 11.0 Å². The van der Waals surface area contributed by atoms with Gasteiger partial charge in [0.15, 0.2) is 0 Å². The molecule has 0 amide bonds. The maximum atomic E-state index is 12.9. The second-order valence-electron chi connectivity index (χ2n) is 2.49. The number of hydrogen-bond donors (Lipinski definition) is 1. The molecule has 0 bridgehead atoms. The zero-order valence-electron chi connectivity index (χ0n) is 6.50. The zero-order chi connectivity index (χ0) is 8.97. The first kappa shape index (κ1) is 8.69. The van der Waals surface area contributed by atoms with Crippen molar-refractivity contribution in [3.05, 3.63) is 47.1 Å². The van der Waals surface area contributed by atoms with E-state index in [1.165, 1.54) is 6.07 Å². The summed E-state index contributed by atoms with van der Waals surface area (Å²) in [6.07, 6.45) is -0.363. The summed E-state index contributed by atoms with van der Waals surface area (Å²) < 4.78 is 12.9. The topological polar surface area (TPSA) is 30.4 Å². The van der Waals surface area contributed by atoms with Crippen molar-refractivity contribution in [3.8, 4) is 0 Å². The van der Waals surface area contributed by atoms with Gasteiger partial charge in [-0.15, -0.1) is 0 Å². The monoisotopic (exact) mass is 164 g/mol. The quantitative estimate of drug-likeness (QED) is 0.661. The minimum Gasteiger partial charge on any atom is -0.296 e. The van der Waals surface area contributed by atoms with Gasteiger partial charge in [-0.1, -0.05) is 18.2 Å². The van der Waals surface area contributed by atoms with E-state index in [0.717, 1.165) is 0 Å². The minimum absolute atomic E-state index is 0.274. The molecule has 0 aliphatic heterocycles. The van der Waals surface area contributed by atoms with Crippen LogP contribution in [-0.2, 0) is 6.42 Å². The number of benzene rings is 1. The van der Waals surface area contributed by atoms with Crippen LogP contribution in [-0.4, -0.2) is 6.17 Å². The molecule has 0 fully saturated rings. The van der Waals surface area contributed by atoms with Gasteiger partial charge in [0.25, 0.3) is 6.17 Å². The highest BCUT2D eigenvalue weighted by Crippen LogP contribution is 2.08. The molecule has 1 aromatic carbocycles. The van der Waals surface area contributed by atoms with Crippen molar-refractivity contribution in [2.24, 2.45) is 5.73 Å². The normalized spacial score (nSPS) is 12.1. The summed E-state index contributed by atoms with van der Waals surface area (Å²) in [7, 11) is 0. The molecule has 0 radical (unpaired) electrons. The van der Waals surface area contributed by atoms with Gasteiger partial charge in [0.1, 0.15) is 5.82 Å². The Labute approximate surface area is 70.6 Å². The molecule has 3 heteroatoms. The van der Waals surface area contributed by atoms with E-state index in [-0.39, 0.29) is 12.2 Å². The number of halogens is 1. The average Bonchev–Trinajstić information content (AvgIpc) is 2.09. The maximum Gasteiger partial charge on any atom is 0.278 e. The lowest BCUT2D eigenvalue weighted by Crippen LogP contribution is -2.18. The van der Waals surface area contributed by atoms with E-state index in [2.05, 4.69) is 4.85 Å². The summed E-state index contributed by atoms with van der Waals surface area (Å²) in [5.74, 6) is -0.295. The van der Waals surface area contributed by atoms with Crippen LogP contribution in [0, 0.1) is 12.4 Å². The van der Waals surface area contributed by atoms with E-state index < -0.39 is 6.17 Å². The van der Waals surface area contributed by atoms with Crippen LogP contribution in [0.3, 0.4) is 0 Å². The molecule has 0 aliphatic carbocycles. The molecular weight excluding hydrogens is 155 g/mol. The fourth-order valence-electron chi connectivity index (χ4n) is 0.935. The molecule has 12 heavy (non-hydrogen) atoms. The number of nitrogens with two attached hydrogens (primary N) is 1. The molecule has 0 aliphatic rings. The highest BCUT2D eigenvalue weighted by molar-refractivity contribution is 5.18. The minimum atomic E-state index is -0.637. The highest BCUT2D eigenvalue weighted by atomic mass is 19.1. The number of hydrogen-bond acceptors (Lipinski definition) is 1. The molecule has 1 aromatic rings. The summed E-state index contributed by atoms with van der Waals surface area (Å²) in [5, 5.41) is 0. The average molecular weight is 164 g/mol. The van der Waals surface area contributed by atoms with Gasteiger partial charge in [-0.2, -0.15) is 0 Å². The molecule has 62 valence electrons. The lowest BCUT2D eigenvalue weighted by atomic mass is 10.1. The standard InChI is InChI=1S/C9H9FN2/c1-12-9(11)6-7-4-2-3-5-8(7)10/h2-5,9H,6,11H2. The molecule has 0 spiro atoms. The molecule has 0 saturated carbocycles. The van der Waals surface area contributed by atoms with Gasteiger partial charge in [0.2, 0.25) is 0 Å². The molecular formula is C9H9FN2. The molecule has 0 heterocycles. The first-order chi connectivity index (χ1) is 5.74. The fraction of sp³-hybridized carbons (Fsp3) is 0.222. The van der Waals surface area contributed by atoms with E-state index >= 15 is 0 Å². The Morgan fingerprint density at radius 2 is 2.17 bits per heavy atom. The largest absolute Gasteiger partial charge is 0.296 e. The van der Waals surface area contributed by atoms with Crippen molar-refractivity contribution in [1.82, 2.24) is 0 Å². The summed E-state index contributed by atoms with van der Waals surface area (Å²) in [4.78, 5) is 3.09. The summed E-state index contributed by atoms with van der Waals surface area (Å²) >= 11 is 0. The van der Waals surface area contributed by atoms with Crippen LogP contribution in [0.5, 0.6) is 0 Å². The van der Waals surface area contributed by atoms with Crippen molar-refractivity contribution in [2.45, 2.75) is 12.6 Å². The molecule has 0 aromatic heterocycles. The van der Waals surface area contributed by atoms with Gasteiger partial charge in [-0.05, 0) is 11.6 Å². The van der Waals surface area contributed by atoms with E-state index in [1.54, 1.807) is 18.2 Å². The van der Waals surface area contributed by atoms with Crippen LogP contribution >= 0.6 is 0 Å². The Balaban J connectivity index is 2.77. The Morgan fingerprint density at radius 1 is 1.50 bits per heavy atom. The third-order valence-electron chi connectivity index (χ3n) is 1.55. The van der Waals surface area contributed by atoms with Crippen LogP contribution in [0.15, 0.2) is 24.3 Å². The van der Waals surface area contributed by atoms with Crippen molar-refractivity contribution in [2.75, 3.05) is 0 Å². The van der Waals surface area contributed by atoms with Crippen LogP contribution in [0.25, 0.3) is 4.85 Å². The van der Waals surface area contributed by atoms with Gasteiger partial charge in [-0.3, -0.25) is 10.6 Å². The summed E-state index contributed by atoms with van der Waals surface area (Å²) in [6, 6.07) is 6.35. The summed E-state index contributed by atoms with van der Waals surface area (Å²) in [5.41, 5.74) is 5.85. The molecule has 1 rings (SSSR count). The molecule has 0 saturated heterocycles. The summed E-state index contributed by atoms with van der Waals surface area (Å²) in [6.45, 7) is 6.61. The number of rotatable bonds is 2. The van der Waals surface area contributed by atoms with Crippen molar-refractivity contribution in [3.63, 3.8) is 0 Å². The van der Waals surface area contributed by atoms with E-state index in [1.807, 2.05) is 0 Å². The zero-order valence-corrected chi connectivity index (χ0v) is 6.50. The fourth-order valence-corrected chi connectivity index (χ4v) is 0.935. The predicted molar refractivity (Wildman–Crippen MR) is 44.7 cm³/mol. The first-order valence-electron chi connectivity index (χ1n) is 3.59. The van der Waals surface area contributed by atoms with Gasteiger partial charge >= 0.3 is 0 Å². The second-order valence-corrected chi connectivity index (χ2v) is 2.49.